The first-order valence-corrected chi connectivity index (χ1v) is 11.8. The van der Waals surface area contributed by atoms with Crippen LogP contribution in [0.15, 0.2) is 66.7 Å². The van der Waals surface area contributed by atoms with Gasteiger partial charge >= 0.3 is 0 Å². The zero-order valence-electron chi connectivity index (χ0n) is 18.5. The third-order valence-electron chi connectivity index (χ3n) is 5.79. The van der Waals surface area contributed by atoms with Crippen LogP contribution in [0.3, 0.4) is 0 Å². The summed E-state index contributed by atoms with van der Waals surface area (Å²) < 4.78 is 1.17. The van der Waals surface area contributed by atoms with Gasteiger partial charge in [0.05, 0.1) is 15.9 Å². The van der Waals surface area contributed by atoms with Crippen LogP contribution in [0.2, 0.25) is 0 Å². The molecule has 1 aliphatic heterocycles. The first kappa shape index (κ1) is 23.4. The zero-order chi connectivity index (χ0) is 21.9. The van der Waals surface area contributed by atoms with Gasteiger partial charge in [-0.25, -0.2) is 4.98 Å². The highest BCUT2D eigenvalue weighted by Crippen LogP contribution is 2.35. The second-order valence-corrected chi connectivity index (χ2v) is 9.24. The number of piperazine rings is 1. The number of hydrogen-bond acceptors (Lipinski definition) is 5. The number of aromatic nitrogens is 1. The Bertz CT molecular complexity index is 1250. The number of thiazole rings is 1. The van der Waals surface area contributed by atoms with Gasteiger partial charge in [0, 0.05) is 43.9 Å². The Morgan fingerprint density at radius 3 is 2.61 bits per heavy atom. The van der Waals surface area contributed by atoms with Crippen molar-refractivity contribution < 1.29 is 4.79 Å². The summed E-state index contributed by atoms with van der Waals surface area (Å²) in [5.74, 6) is -0.114. The minimum atomic E-state index is -0.114. The summed E-state index contributed by atoms with van der Waals surface area (Å²) in [6.45, 7) is 7.25. The first-order chi connectivity index (χ1) is 15.7. The van der Waals surface area contributed by atoms with Gasteiger partial charge in [-0.15, -0.1) is 23.7 Å². The second-order valence-electron chi connectivity index (χ2n) is 8.21. The van der Waals surface area contributed by atoms with E-state index in [2.05, 4.69) is 33.7 Å². The third-order valence-corrected chi connectivity index (χ3v) is 6.84. The first-order valence-electron chi connectivity index (χ1n) is 11.0. The maximum absolute atomic E-state index is 12.8. The molecule has 33 heavy (non-hydrogen) atoms. The van der Waals surface area contributed by atoms with Crippen molar-refractivity contribution in [2.24, 2.45) is 0 Å². The molecule has 0 aliphatic carbocycles. The average Bonchev–Trinajstić information content (AvgIpc) is 3.24. The predicted molar refractivity (Wildman–Crippen MR) is 140 cm³/mol. The van der Waals surface area contributed by atoms with Crippen molar-refractivity contribution in [3.63, 3.8) is 0 Å². The lowest BCUT2D eigenvalue weighted by molar-refractivity contribution is 0.102. The number of aryl methyl sites for hydroxylation is 1. The van der Waals surface area contributed by atoms with Crippen molar-refractivity contribution in [2.75, 3.05) is 31.5 Å². The molecule has 1 saturated heterocycles. The van der Waals surface area contributed by atoms with Crippen molar-refractivity contribution in [1.82, 2.24) is 15.2 Å². The molecule has 2 heterocycles. The number of hydrogen-bond donors (Lipinski definition) is 2. The van der Waals surface area contributed by atoms with E-state index in [1.807, 2.05) is 55.5 Å². The van der Waals surface area contributed by atoms with Gasteiger partial charge in [-0.3, -0.25) is 9.69 Å². The number of benzene rings is 3. The molecule has 7 heteroatoms. The van der Waals surface area contributed by atoms with Crippen LogP contribution in [0.4, 0.5) is 5.69 Å². The molecule has 0 saturated carbocycles. The summed E-state index contributed by atoms with van der Waals surface area (Å²) in [4.78, 5) is 20.1. The largest absolute Gasteiger partial charge is 0.321 e. The Hall–Kier alpha value is -2.77. The molecule has 2 N–H and O–H groups in total. The fourth-order valence-electron chi connectivity index (χ4n) is 3.99. The Morgan fingerprint density at radius 2 is 1.82 bits per heavy atom. The molecule has 4 aromatic rings. The van der Waals surface area contributed by atoms with Crippen molar-refractivity contribution in [3.8, 4) is 10.6 Å². The average molecular weight is 479 g/mol. The number of nitrogens with one attached hydrogen (secondary N) is 2. The van der Waals surface area contributed by atoms with Crippen LogP contribution in [0, 0.1) is 6.92 Å². The Morgan fingerprint density at radius 1 is 1.06 bits per heavy atom. The summed E-state index contributed by atoms with van der Waals surface area (Å²) >= 11 is 1.67. The topological polar surface area (TPSA) is 57.3 Å². The zero-order valence-corrected chi connectivity index (χ0v) is 20.1. The summed E-state index contributed by atoms with van der Waals surface area (Å²) in [5, 5.41) is 7.39. The highest BCUT2D eigenvalue weighted by molar-refractivity contribution is 7.21. The van der Waals surface area contributed by atoms with Crippen LogP contribution in [0.25, 0.3) is 20.8 Å². The molecule has 5 rings (SSSR count). The Kier molecular flexibility index (Phi) is 7.40. The van der Waals surface area contributed by atoms with Crippen LogP contribution >= 0.6 is 23.7 Å². The minimum absolute atomic E-state index is 0. The number of fused-ring (bicyclic) bond motifs is 1. The summed E-state index contributed by atoms with van der Waals surface area (Å²) in [5.41, 5.74) is 5.81. The number of nitrogens with zero attached hydrogens (tertiary/aromatic N) is 2. The molecule has 1 aliphatic rings. The Balaban J connectivity index is 0.00000259. The lowest BCUT2D eigenvalue weighted by Crippen LogP contribution is -2.42. The van der Waals surface area contributed by atoms with Crippen molar-refractivity contribution in [1.29, 1.82) is 0 Å². The molecule has 0 bridgehead atoms. The third kappa shape index (κ3) is 5.42. The number of carbonyl (C=O) groups is 1. The van der Waals surface area contributed by atoms with E-state index in [1.54, 1.807) is 11.3 Å². The number of rotatable bonds is 5. The van der Waals surface area contributed by atoms with E-state index in [0.717, 1.165) is 60.1 Å². The molecule has 3 aromatic carbocycles. The standard InChI is InChI=1S/C26H26N4OS.ClH/c1-18-6-9-20(10-7-18)25(31)28-22-5-3-2-4-21(22)26-29-23-11-8-19(16-24(23)32-26)17-30-14-12-27-13-15-30;/h2-11,16,27H,12-15,17H2,1H3,(H,28,31);1H. The van der Waals surface area contributed by atoms with E-state index >= 15 is 0 Å². The lowest BCUT2D eigenvalue weighted by Gasteiger charge is -2.27. The van der Waals surface area contributed by atoms with Crippen LogP contribution in [0.5, 0.6) is 0 Å². The van der Waals surface area contributed by atoms with Gasteiger partial charge in [-0.1, -0.05) is 35.9 Å². The SMILES string of the molecule is Cc1ccc(C(=O)Nc2ccccc2-c2nc3ccc(CN4CCNCC4)cc3s2)cc1.Cl. The minimum Gasteiger partial charge on any atom is -0.321 e. The smallest absolute Gasteiger partial charge is 0.255 e. The van der Waals surface area contributed by atoms with E-state index in [-0.39, 0.29) is 18.3 Å². The molecular formula is C26H27ClN4OS. The van der Waals surface area contributed by atoms with E-state index in [0.29, 0.717) is 5.56 Å². The Labute approximate surface area is 204 Å². The van der Waals surface area contributed by atoms with E-state index in [1.165, 1.54) is 10.3 Å². The molecule has 170 valence electrons. The van der Waals surface area contributed by atoms with Crippen molar-refractivity contribution in [3.05, 3.63) is 83.4 Å². The van der Waals surface area contributed by atoms with Crippen LogP contribution in [-0.2, 0) is 6.54 Å². The summed E-state index contributed by atoms with van der Waals surface area (Å²) in [6.07, 6.45) is 0. The molecule has 0 radical (unpaired) electrons. The number of amides is 1. The molecule has 1 aromatic heterocycles. The lowest BCUT2D eigenvalue weighted by atomic mass is 10.1. The number of para-hydroxylation sites is 1. The summed E-state index contributed by atoms with van der Waals surface area (Å²) in [7, 11) is 0. The molecule has 5 nitrogen and oxygen atoms in total. The molecular weight excluding hydrogens is 452 g/mol. The normalized spacial score (nSPS) is 14.1. The van der Waals surface area contributed by atoms with Gasteiger partial charge in [0.15, 0.2) is 0 Å². The number of anilines is 1. The van der Waals surface area contributed by atoms with Crippen LogP contribution in [0.1, 0.15) is 21.5 Å². The predicted octanol–water partition coefficient (Wildman–Crippen LogP) is 5.35. The van der Waals surface area contributed by atoms with E-state index in [9.17, 15) is 4.79 Å². The second kappa shape index (κ2) is 10.4. The van der Waals surface area contributed by atoms with Crippen LogP contribution < -0.4 is 10.6 Å². The molecule has 1 amide bonds. The maximum Gasteiger partial charge on any atom is 0.255 e. The van der Waals surface area contributed by atoms with Gasteiger partial charge in [0.1, 0.15) is 5.01 Å². The molecule has 0 atom stereocenters. The monoisotopic (exact) mass is 478 g/mol. The van der Waals surface area contributed by atoms with Gasteiger partial charge in [-0.05, 0) is 48.9 Å². The van der Waals surface area contributed by atoms with Crippen molar-refractivity contribution in [2.45, 2.75) is 13.5 Å². The van der Waals surface area contributed by atoms with Gasteiger partial charge in [0.25, 0.3) is 5.91 Å². The quantitative estimate of drug-likeness (QED) is 0.406. The van der Waals surface area contributed by atoms with Crippen LogP contribution in [-0.4, -0.2) is 42.0 Å². The van der Waals surface area contributed by atoms with Crippen molar-refractivity contribution >= 4 is 45.6 Å². The molecule has 0 unspecified atom stereocenters. The summed E-state index contributed by atoms with van der Waals surface area (Å²) in [6, 6.07) is 22.0. The highest BCUT2D eigenvalue weighted by Gasteiger charge is 2.15. The fraction of sp³-hybridized carbons (Fsp3) is 0.231. The fourth-order valence-corrected chi connectivity index (χ4v) is 5.06. The number of halogens is 1. The van der Waals surface area contributed by atoms with Gasteiger partial charge in [-0.2, -0.15) is 0 Å². The number of carbonyl (C=O) groups excluding carboxylic acids is 1. The maximum atomic E-state index is 12.8. The molecule has 1 fully saturated rings. The van der Waals surface area contributed by atoms with E-state index in [4.69, 9.17) is 4.98 Å². The highest BCUT2D eigenvalue weighted by atomic mass is 35.5. The van der Waals surface area contributed by atoms with E-state index < -0.39 is 0 Å². The van der Waals surface area contributed by atoms with Gasteiger partial charge in [0.2, 0.25) is 0 Å². The van der Waals surface area contributed by atoms with Gasteiger partial charge < -0.3 is 10.6 Å². The molecule has 0 spiro atoms.